The van der Waals surface area contributed by atoms with Crippen molar-refractivity contribution < 1.29 is 9.53 Å². The average molecular weight is 275 g/mol. The first-order chi connectivity index (χ1) is 9.83. The minimum atomic E-state index is 0.0470. The summed E-state index contributed by atoms with van der Waals surface area (Å²) in [5.41, 5.74) is 0. The summed E-state index contributed by atoms with van der Waals surface area (Å²) in [4.78, 5) is 22.6. The molecular formula is C15H21N3O2. The number of aromatic nitrogens is 2. The van der Waals surface area contributed by atoms with Crippen molar-refractivity contribution in [2.24, 2.45) is 5.92 Å². The summed E-state index contributed by atoms with van der Waals surface area (Å²) in [7, 11) is 0. The standard InChI is InChI=1S/C15H21N3O2/c19-15(12-4-1-2-5-12)18-9-3-6-13(11-18)20-14-10-16-7-8-17-14/h7-8,10,12-13H,1-6,9,11H2. The molecule has 1 saturated heterocycles. The van der Waals surface area contributed by atoms with E-state index >= 15 is 0 Å². The Balaban J connectivity index is 1.57. The van der Waals surface area contributed by atoms with E-state index in [9.17, 15) is 4.79 Å². The lowest BCUT2D eigenvalue weighted by Gasteiger charge is -2.34. The monoisotopic (exact) mass is 275 g/mol. The highest BCUT2D eigenvalue weighted by molar-refractivity contribution is 5.79. The molecule has 20 heavy (non-hydrogen) atoms. The number of carbonyl (C=O) groups excluding carboxylic acids is 1. The Hall–Kier alpha value is -1.65. The van der Waals surface area contributed by atoms with Crippen LogP contribution in [0.5, 0.6) is 5.88 Å². The van der Waals surface area contributed by atoms with E-state index in [0.717, 1.165) is 32.2 Å². The lowest BCUT2D eigenvalue weighted by atomic mass is 10.0. The van der Waals surface area contributed by atoms with E-state index in [1.807, 2.05) is 4.90 Å². The molecule has 0 radical (unpaired) electrons. The first-order valence-electron chi connectivity index (χ1n) is 7.54. The highest BCUT2D eigenvalue weighted by Crippen LogP contribution is 2.28. The molecule has 0 spiro atoms. The zero-order valence-electron chi connectivity index (χ0n) is 11.7. The number of rotatable bonds is 3. The van der Waals surface area contributed by atoms with E-state index in [2.05, 4.69) is 9.97 Å². The fraction of sp³-hybridized carbons (Fsp3) is 0.667. The van der Waals surface area contributed by atoms with E-state index in [1.165, 1.54) is 12.8 Å². The van der Waals surface area contributed by atoms with Crippen LogP contribution in [0.4, 0.5) is 0 Å². The Kier molecular flexibility index (Phi) is 4.14. The smallest absolute Gasteiger partial charge is 0.232 e. The Morgan fingerprint density at radius 1 is 1.20 bits per heavy atom. The molecule has 2 aliphatic rings. The molecule has 5 heteroatoms. The Morgan fingerprint density at radius 2 is 2.05 bits per heavy atom. The molecule has 5 nitrogen and oxygen atoms in total. The van der Waals surface area contributed by atoms with Gasteiger partial charge in [-0.15, -0.1) is 0 Å². The maximum absolute atomic E-state index is 12.4. The van der Waals surface area contributed by atoms with Crippen LogP contribution in [-0.4, -0.2) is 40.0 Å². The second kappa shape index (κ2) is 6.20. The topological polar surface area (TPSA) is 55.3 Å². The highest BCUT2D eigenvalue weighted by Gasteiger charge is 2.31. The summed E-state index contributed by atoms with van der Waals surface area (Å²) in [6, 6.07) is 0. The van der Waals surface area contributed by atoms with Crippen molar-refractivity contribution in [1.82, 2.24) is 14.9 Å². The number of piperidine rings is 1. The van der Waals surface area contributed by atoms with Crippen LogP contribution in [0.25, 0.3) is 0 Å². The molecule has 1 unspecified atom stereocenters. The van der Waals surface area contributed by atoms with Crippen LogP contribution in [-0.2, 0) is 4.79 Å². The van der Waals surface area contributed by atoms with Gasteiger partial charge >= 0.3 is 0 Å². The fourth-order valence-electron chi connectivity index (χ4n) is 3.18. The minimum Gasteiger partial charge on any atom is -0.471 e. The number of likely N-dealkylation sites (tertiary alicyclic amines) is 1. The molecule has 108 valence electrons. The van der Waals surface area contributed by atoms with Crippen molar-refractivity contribution in [3.05, 3.63) is 18.6 Å². The SMILES string of the molecule is O=C(C1CCCC1)N1CCCC(Oc2cnccn2)C1. The Bertz CT molecular complexity index is 446. The lowest BCUT2D eigenvalue weighted by molar-refractivity contribution is -0.138. The third-order valence-electron chi connectivity index (χ3n) is 4.22. The van der Waals surface area contributed by atoms with Crippen LogP contribution in [0, 0.1) is 5.92 Å². The van der Waals surface area contributed by atoms with Crippen molar-refractivity contribution in [3.8, 4) is 5.88 Å². The van der Waals surface area contributed by atoms with Gasteiger partial charge in [0.15, 0.2) is 0 Å². The van der Waals surface area contributed by atoms with Gasteiger partial charge < -0.3 is 9.64 Å². The highest BCUT2D eigenvalue weighted by atomic mass is 16.5. The van der Waals surface area contributed by atoms with Gasteiger partial charge in [0.05, 0.1) is 12.7 Å². The molecule has 0 aromatic carbocycles. The molecule has 1 atom stereocenters. The number of amides is 1. The number of carbonyl (C=O) groups is 1. The first-order valence-corrected chi connectivity index (χ1v) is 7.54. The number of ether oxygens (including phenoxy) is 1. The molecule has 1 aromatic heterocycles. The van der Waals surface area contributed by atoms with Crippen LogP contribution in [0.15, 0.2) is 18.6 Å². The summed E-state index contributed by atoms with van der Waals surface area (Å²) < 4.78 is 5.83. The summed E-state index contributed by atoms with van der Waals surface area (Å²) in [5, 5.41) is 0. The predicted molar refractivity (Wildman–Crippen MR) is 74.2 cm³/mol. The van der Waals surface area contributed by atoms with E-state index in [4.69, 9.17) is 4.74 Å². The van der Waals surface area contributed by atoms with Gasteiger partial charge in [0, 0.05) is 24.9 Å². The molecule has 0 bridgehead atoms. The van der Waals surface area contributed by atoms with Crippen molar-refractivity contribution in [3.63, 3.8) is 0 Å². The maximum atomic E-state index is 12.4. The van der Waals surface area contributed by atoms with Crippen LogP contribution in [0.3, 0.4) is 0 Å². The summed E-state index contributed by atoms with van der Waals surface area (Å²) in [6.45, 7) is 1.56. The van der Waals surface area contributed by atoms with E-state index in [1.54, 1.807) is 18.6 Å². The van der Waals surface area contributed by atoms with Crippen molar-refractivity contribution in [2.75, 3.05) is 13.1 Å². The van der Waals surface area contributed by atoms with Crippen molar-refractivity contribution in [1.29, 1.82) is 0 Å². The summed E-state index contributed by atoms with van der Waals surface area (Å²) in [6.07, 6.45) is 11.4. The van der Waals surface area contributed by atoms with Crippen molar-refractivity contribution in [2.45, 2.75) is 44.6 Å². The van der Waals surface area contributed by atoms with Crippen LogP contribution in [0.1, 0.15) is 38.5 Å². The number of hydrogen-bond donors (Lipinski definition) is 0. The molecule has 1 aliphatic carbocycles. The maximum Gasteiger partial charge on any atom is 0.232 e. The van der Waals surface area contributed by atoms with E-state index < -0.39 is 0 Å². The Morgan fingerprint density at radius 3 is 2.80 bits per heavy atom. The molecule has 1 saturated carbocycles. The summed E-state index contributed by atoms with van der Waals surface area (Å²) >= 11 is 0. The molecule has 3 rings (SSSR count). The second-order valence-corrected chi connectivity index (χ2v) is 5.69. The molecule has 2 heterocycles. The quantitative estimate of drug-likeness (QED) is 0.847. The summed E-state index contributed by atoms with van der Waals surface area (Å²) in [5.74, 6) is 1.13. The van der Waals surface area contributed by atoms with Crippen LogP contribution < -0.4 is 4.74 Å². The zero-order valence-corrected chi connectivity index (χ0v) is 11.7. The van der Waals surface area contributed by atoms with Gasteiger partial charge in [0.25, 0.3) is 0 Å². The predicted octanol–water partition coefficient (Wildman–Crippen LogP) is 2.04. The normalized spacial score (nSPS) is 23.8. The van der Waals surface area contributed by atoms with E-state index in [-0.39, 0.29) is 12.0 Å². The fourth-order valence-corrected chi connectivity index (χ4v) is 3.18. The molecule has 1 amide bonds. The van der Waals surface area contributed by atoms with Crippen LogP contribution >= 0.6 is 0 Å². The van der Waals surface area contributed by atoms with Gasteiger partial charge in [-0.05, 0) is 25.7 Å². The van der Waals surface area contributed by atoms with Gasteiger partial charge in [-0.25, -0.2) is 4.98 Å². The minimum absolute atomic E-state index is 0.0470. The van der Waals surface area contributed by atoms with Crippen LogP contribution in [0.2, 0.25) is 0 Å². The lowest BCUT2D eigenvalue weighted by Crippen LogP contribution is -2.46. The molecule has 0 N–H and O–H groups in total. The third-order valence-corrected chi connectivity index (χ3v) is 4.22. The Labute approximate surface area is 119 Å². The molecule has 2 fully saturated rings. The number of nitrogens with zero attached hydrogens (tertiary/aromatic N) is 3. The zero-order chi connectivity index (χ0) is 13.8. The molecule has 1 aromatic rings. The van der Waals surface area contributed by atoms with Gasteiger partial charge in [0.1, 0.15) is 6.10 Å². The first kappa shape index (κ1) is 13.3. The van der Waals surface area contributed by atoms with E-state index in [0.29, 0.717) is 18.3 Å². The number of hydrogen-bond acceptors (Lipinski definition) is 4. The van der Waals surface area contributed by atoms with Gasteiger partial charge in [-0.1, -0.05) is 12.8 Å². The molecule has 1 aliphatic heterocycles. The largest absolute Gasteiger partial charge is 0.471 e. The average Bonchev–Trinajstić information content (AvgIpc) is 3.02. The third kappa shape index (κ3) is 3.08. The van der Waals surface area contributed by atoms with Gasteiger partial charge in [-0.2, -0.15) is 0 Å². The van der Waals surface area contributed by atoms with Gasteiger partial charge in [-0.3, -0.25) is 9.78 Å². The van der Waals surface area contributed by atoms with Crippen molar-refractivity contribution >= 4 is 5.91 Å². The molecular weight excluding hydrogens is 254 g/mol. The second-order valence-electron chi connectivity index (χ2n) is 5.69. The van der Waals surface area contributed by atoms with Gasteiger partial charge in [0.2, 0.25) is 11.8 Å².